The average Bonchev–Trinajstić information content (AvgIpc) is 2.26. The van der Waals surface area contributed by atoms with Gasteiger partial charge in [0.15, 0.2) is 0 Å². The van der Waals surface area contributed by atoms with Crippen LogP contribution in [0.2, 0.25) is 5.02 Å². The van der Waals surface area contributed by atoms with Gasteiger partial charge in [-0.3, -0.25) is 0 Å². The Morgan fingerprint density at radius 1 is 1.38 bits per heavy atom. The molecule has 0 aliphatic heterocycles. The highest BCUT2D eigenvalue weighted by atomic mass is 35.5. The minimum atomic E-state index is -1.49. The normalized spacial score (nSPS) is 14.5. The summed E-state index contributed by atoms with van der Waals surface area (Å²) in [6, 6.07) is 4.16. The van der Waals surface area contributed by atoms with Crippen LogP contribution in [0.15, 0.2) is 18.2 Å². The van der Waals surface area contributed by atoms with Crippen LogP contribution in [0.3, 0.4) is 0 Å². The maximum Gasteiger partial charge on any atom is 0.337 e. The summed E-state index contributed by atoms with van der Waals surface area (Å²) in [4.78, 5) is 10.9. The number of carboxylic acid groups (broad SMARTS) is 1. The second kappa shape index (κ2) is 5.27. The highest BCUT2D eigenvalue weighted by Crippen LogP contribution is 2.26. The van der Waals surface area contributed by atoms with Gasteiger partial charge in [0.25, 0.3) is 0 Å². The summed E-state index contributed by atoms with van der Waals surface area (Å²) in [7, 11) is 0. The zero-order chi connectivity index (χ0) is 12.3. The maximum atomic E-state index is 10.9. The standard InChI is InChI=1S/C10H11ClO5/c11-6-3-1-2-5(8(6)10(15)16)9(14)7(13)4-12/h1-3,7,9,12-14H,4H2,(H,15,16). The van der Waals surface area contributed by atoms with Gasteiger partial charge < -0.3 is 20.4 Å². The van der Waals surface area contributed by atoms with Crippen molar-refractivity contribution in [2.45, 2.75) is 12.2 Å². The first kappa shape index (κ1) is 12.9. The molecule has 4 N–H and O–H groups in total. The van der Waals surface area contributed by atoms with Gasteiger partial charge in [-0.05, 0) is 11.6 Å². The first-order chi connectivity index (χ1) is 7.49. The highest BCUT2D eigenvalue weighted by Gasteiger charge is 2.24. The van der Waals surface area contributed by atoms with E-state index in [9.17, 15) is 15.0 Å². The third-order valence-electron chi connectivity index (χ3n) is 2.13. The first-order valence-corrected chi connectivity index (χ1v) is 4.85. The summed E-state index contributed by atoms with van der Waals surface area (Å²) in [5.74, 6) is -1.30. The summed E-state index contributed by atoms with van der Waals surface area (Å²) >= 11 is 5.68. The zero-order valence-electron chi connectivity index (χ0n) is 8.17. The molecule has 0 aromatic heterocycles. The topological polar surface area (TPSA) is 98.0 Å². The fraction of sp³-hybridized carbons (Fsp3) is 0.300. The first-order valence-electron chi connectivity index (χ1n) is 4.47. The molecule has 6 heteroatoms. The lowest BCUT2D eigenvalue weighted by atomic mass is 9.99. The molecule has 0 bridgehead atoms. The van der Waals surface area contributed by atoms with Crippen molar-refractivity contribution in [2.75, 3.05) is 6.61 Å². The van der Waals surface area contributed by atoms with Crippen LogP contribution in [0, 0.1) is 0 Å². The number of rotatable bonds is 4. The molecule has 0 amide bonds. The Kier molecular flexibility index (Phi) is 4.26. The van der Waals surface area contributed by atoms with Gasteiger partial charge in [-0.1, -0.05) is 23.7 Å². The largest absolute Gasteiger partial charge is 0.478 e. The van der Waals surface area contributed by atoms with Crippen LogP contribution in [-0.2, 0) is 0 Å². The number of halogens is 1. The third kappa shape index (κ3) is 2.51. The van der Waals surface area contributed by atoms with Gasteiger partial charge in [-0.2, -0.15) is 0 Å². The maximum absolute atomic E-state index is 10.9. The van der Waals surface area contributed by atoms with E-state index in [4.69, 9.17) is 21.8 Å². The molecule has 0 spiro atoms. The van der Waals surface area contributed by atoms with Crippen molar-refractivity contribution in [1.82, 2.24) is 0 Å². The van der Waals surface area contributed by atoms with E-state index < -0.39 is 24.8 Å². The Morgan fingerprint density at radius 2 is 2.00 bits per heavy atom. The molecule has 0 saturated heterocycles. The average molecular weight is 247 g/mol. The van der Waals surface area contributed by atoms with Crippen molar-refractivity contribution in [3.8, 4) is 0 Å². The summed E-state index contributed by atoms with van der Waals surface area (Å²) < 4.78 is 0. The van der Waals surface area contributed by atoms with E-state index >= 15 is 0 Å². The molecule has 0 heterocycles. The zero-order valence-corrected chi connectivity index (χ0v) is 8.92. The summed E-state index contributed by atoms with van der Waals surface area (Å²) in [5, 5.41) is 36.4. The van der Waals surface area contributed by atoms with Crippen molar-refractivity contribution in [1.29, 1.82) is 0 Å². The van der Waals surface area contributed by atoms with Crippen LogP contribution in [0.5, 0.6) is 0 Å². The molecular formula is C10H11ClO5. The van der Waals surface area contributed by atoms with Crippen molar-refractivity contribution in [2.24, 2.45) is 0 Å². The Morgan fingerprint density at radius 3 is 2.50 bits per heavy atom. The Labute approximate surface area is 96.5 Å². The van der Waals surface area contributed by atoms with Crippen LogP contribution in [-0.4, -0.2) is 39.1 Å². The minimum Gasteiger partial charge on any atom is -0.478 e. The predicted molar refractivity (Wildman–Crippen MR) is 56.5 cm³/mol. The van der Waals surface area contributed by atoms with Gasteiger partial charge >= 0.3 is 5.97 Å². The molecule has 0 aliphatic rings. The molecule has 1 rings (SSSR count). The van der Waals surface area contributed by atoms with Crippen molar-refractivity contribution >= 4 is 17.6 Å². The molecule has 5 nitrogen and oxygen atoms in total. The van der Waals surface area contributed by atoms with Gasteiger partial charge in [0.05, 0.1) is 17.2 Å². The number of carbonyl (C=O) groups is 1. The van der Waals surface area contributed by atoms with Crippen molar-refractivity contribution in [3.05, 3.63) is 34.3 Å². The number of carboxylic acids is 1. The van der Waals surface area contributed by atoms with Gasteiger partial charge in [-0.25, -0.2) is 4.79 Å². The molecule has 1 aromatic carbocycles. The van der Waals surface area contributed by atoms with E-state index in [2.05, 4.69) is 0 Å². The Hall–Kier alpha value is -1.14. The number of aliphatic hydroxyl groups excluding tert-OH is 3. The van der Waals surface area contributed by atoms with Crippen LogP contribution in [0.25, 0.3) is 0 Å². The summed E-state index contributed by atoms with van der Waals surface area (Å²) in [6.45, 7) is -0.674. The van der Waals surface area contributed by atoms with Gasteiger partial charge in [-0.15, -0.1) is 0 Å². The van der Waals surface area contributed by atoms with Crippen LogP contribution >= 0.6 is 11.6 Å². The highest BCUT2D eigenvalue weighted by molar-refractivity contribution is 6.33. The van der Waals surface area contributed by atoms with Crippen LogP contribution < -0.4 is 0 Å². The molecule has 0 saturated carbocycles. The van der Waals surface area contributed by atoms with E-state index in [0.29, 0.717) is 0 Å². The van der Waals surface area contributed by atoms with Crippen LogP contribution in [0.4, 0.5) is 0 Å². The third-order valence-corrected chi connectivity index (χ3v) is 2.44. The van der Waals surface area contributed by atoms with Crippen molar-refractivity contribution in [3.63, 3.8) is 0 Å². The molecule has 88 valence electrons. The Balaban J connectivity index is 3.22. The summed E-state index contributed by atoms with van der Waals surface area (Å²) in [5.41, 5.74) is -0.300. The molecule has 1 aromatic rings. The quantitative estimate of drug-likeness (QED) is 0.617. The number of hydrogen-bond donors (Lipinski definition) is 4. The predicted octanol–water partition coefficient (Wildman–Crippen LogP) is 0.425. The second-order valence-electron chi connectivity index (χ2n) is 3.20. The van der Waals surface area contributed by atoms with Gasteiger partial charge in [0, 0.05) is 0 Å². The smallest absolute Gasteiger partial charge is 0.337 e. The molecular weight excluding hydrogens is 236 g/mol. The van der Waals surface area contributed by atoms with Gasteiger partial charge in [0.2, 0.25) is 0 Å². The lowest BCUT2D eigenvalue weighted by Gasteiger charge is -2.18. The lowest BCUT2D eigenvalue weighted by molar-refractivity contribution is -0.0157. The van der Waals surface area contributed by atoms with E-state index in [1.807, 2.05) is 0 Å². The van der Waals surface area contributed by atoms with E-state index in [1.54, 1.807) is 0 Å². The van der Waals surface area contributed by atoms with E-state index in [-0.39, 0.29) is 16.1 Å². The fourth-order valence-electron chi connectivity index (χ4n) is 1.32. The lowest BCUT2D eigenvalue weighted by Crippen LogP contribution is -2.24. The molecule has 0 fully saturated rings. The molecule has 0 aliphatic carbocycles. The van der Waals surface area contributed by atoms with E-state index in [0.717, 1.165) is 0 Å². The second-order valence-corrected chi connectivity index (χ2v) is 3.61. The number of aromatic carboxylic acids is 1. The molecule has 2 atom stereocenters. The minimum absolute atomic E-state index is 0.0263. The van der Waals surface area contributed by atoms with Crippen molar-refractivity contribution < 1.29 is 25.2 Å². The van der Waals surface area contributed by atoms with Gasteiger partial charge in [0.1, 0.15) is 12.2 Å². The molecule has 16 heavy (non-hydrogen) atoms. The number of hydrogen-bond acceptors (Lipinski definition) is 4. The van der Waals surface area contributed by atoms with Crippen LogP contribution in [0.1, 0.15) is 22.0 Å². The van der Waals surface area contributed by atoms with E-state index in [1.165, 1.54) is 18.2 Å². The SMILES string of the molecule is O=C(O)c1c(Cl)cccc1C(O)C(O)CO. The molecule has 0 radical (unpaired) electrons. The Bertz CT molecular complexity index is 393. The summed E-state index contributed by atoms with van der Waals surface area (Å²) in [6.07, 6.45) is -2.94. The number of benzene rings is 1. The number of aliphatic hydroxyl groups is 3. The monoisotopic (exact) mass is 246 g/mol. The fourth-order valence-corrected chi connectivity index (χ4v) is 1.58. The molecule has 2 unspecified atom stereocenters.